The maximum Gasteiger partial charge on any atom is 0.264 e. The summed E-state index contributed by atoms with van der Waals surface area (Å²) in [5, 5.41) is 15.9. The van der Waals surface area contributed by atoms with Crippen LogP contribution in [0.2, 0.25) is 18.6 Å². The number of nitrogens with one attached hydrogen (secondary N) is 2. The van der Waals surface area contributed by atoms with Crippen LogP contribution in [0.1, 0.15) is 37.3 Å². The molecule has 5 rings (SSSR count). The van der Waals surface area contributed by atoms with Crippen molar-refractivity contribution in [3.63, 3.8) is 0 Å². The maximum atomic E-state index is 15.6. The lowest BCUT2D eigenvalue weighted by molar-refractivity contribution is -0.146. The van der Waals surface area contributed by atoms with Crippen molar-refractivity contribution < 1.29 is 23.5 Å². The summed E-state index contributed by atoms with van der Waals surface area (Å²) in [5.74, 6) is -0.676. The second kappa shape index (κ2) is 10.5. The summed E-state index contributed by atoms with van der Waals surface area (Å²) in [5.41, 5.74) is 1.24. The fourth-order valence-electron chi connectivity index (χ4n) is 6.64. The third kappa shape index (κ3) is 4.74. The summed E-state index contributed by atoms with van der Waals surface area (Å²) in [6.07, 6.45) is 1.54. The van der Waals surface area contributed by atoms with Crippen LogP contribution < -0.4 is 15.5 Å². The summed E-state index contributed by atoms with van der Waals surface area (Å²) in [6.45, 7) is 6.21. The number of aliphatic hydroxyl groups is 1. The molecule has 2 fully saturated rings. The summed E-state index contributed by atoms with van der Waals surface area (Å²) >= 11 is 3.55. The van der Waals surface area contributed by atoms with Crippen LogP contribution in [0.25, 0.3) is 0 Å². The first-order chi connectivity index (χ1) is 18.1. The van der Waals surface area contributed by atoms with Crippen molar-refractivity contribution >= 4 is 47.5 Å². The van der Waals surface area contributed by atoms with Gasteiger partial charge in [0.25, 0.3) is 5.91 Å². The first kappa shape index (κ1) is 27.5. The van der Waals surface area contributed by atoms with Crippen molar-refractivity contribution in [1.82, 2.24) is 5.32 Å². The van der Waals surface area contributed by atoms with E-state index in [2.05, 4.69) is 26.6 Å². The maximum absolute atomic E-state index is 15.6. The molecule has 5 atom stereocenters. The zero-order valence-electron chi connectivity index (χ0n) is 22.0. The third-order valence-electron chi connectivity index (χ3n) is 8.25. The highest BCUT2D eigenvalue weighted by atomic mass is 79.9. The Hall–Kier alpha value is -2.11. The number of benzene rings is 2. The minimum absolute atomic E-state index is 0.0572. The highest BCUT2D eigenvalue weighted by Gasteiger charge is 2.66. The molecule has 3 aliphatic heterocycles. The lowest BCUT2D eigenvalue weighted by Gasteiger charge is -2.31. The Morgan fingerprint density at radius 1 is 1.32 bits per heavy atom. The van der Waals surface area contributed by atoms with Gasteiger partial charge in [0, 0.05) is 33.8 Å². The fourth-order valence-corrected chi connectivity index (χ4v) is 9.54. The van der Waals surface area contributed by atoms with Crippen molar-refractivity contribution in [1.29, 1.82) is 0 Å². The van der Waals surface area contributed by atoms with Crippen molar-refractivity contribution in [2.75, 3.05) is 23.4 Å². The fraction of sp³-hybridized carbons (Fsp3) is 0.500. The number of ether oxygens (including phenoxy) is 1. The van der Waals surface area contributed by atoms with E-state index in [1.54, 1.807) is 18.0 Å². The Kier molecular flexibility index (Phi) is 7.56. The number of hydrogen-bond donors (Lipinski definition) is 3. The van der Waals surface area contributed by atoms with E-state index in [1.165, 1.54) is 0 Å². The number of rotatable bonds is 7. The van der Waals surface area contributed by atoms with Gasteiger partial charge in [-0.05, 0) is 74.8 Å². The zero-order valence-corrected chi connectivity index (χ0v) is 24.6. The number of nitrogens with zero attached hydrogens (tertiary/aromatic N) is 1. The molecule has 204 valence electrons. The topological polar surface area (TPSA) is 90.9 Å². The highest BCUT2D eigenvalue weighted by molar-refractivity contribution is 9.10. The molecule has 0 radical (unpaired) electrons. The van der Waals surface area contributed by atoms with E-state index < -0.39 is 31.6 Å². The Morgan fingerprint density at radius 2 is 2.11 bits per heavy atom. The second-order valence-electron chi connectivity index (χ2n) is 11.2. The molecule has 3 heterocycles. The van der Waals surface area contributed by atoms with E-state index >= 15 is 4.11 Å². The monoisotopic (exact) mass is 603 g/mol. The molecule has 7 nitrogen and oxygen atoms in total. The lowest BCUT2D eigenvalue weighted by Crippen LogP contribution is -2.45. The van der Waals surface area contributed by atoms with Gasteiger partial charge in [0.05, 0.1) is 24.4 Å². The van der Waals surface area contributed by atoms with Gasteiger partial charge < -0.3 is 29.5 Å². The summed E-state index contributed by atoms with van der Waals surface area (Å²) < 4.78 is 23.0. The normalized spacial score (nSPS) is 28.8. The first-order valence-corrected chi connectivity index (χ1v) is 17.0. The molecule has 10 heteroatoms. The van der Waals surface area contributed by atoms with Crippen molar-refractivity contribution in [2.45, 2.75) is 69.1 Å². The van der Waals surface area contributed by atoms with Crippen LogP contribution in [-0.4, -0.2) is 50.6 Å². The van der Waals surface area contributed by atoms with Gasteiger partial charge in [-0.25, -0.2) is 0 Å². The first-order valence-electron chi connectivity index (χ1n) is 13.3. The molecule has 2 saturated heterocycles. The lowest BCUT2D eigenvalue weighted by atomic mass is 9.82. The van der Waals surface area contributed by atoms with Crippen LogP contribution in [0.4, 0.5) is 15.5 Å². The average Bonchev–Trinajstić information content (AvgIpc) is 3.54. The van der Waals surface area contributed by atoms with Gasteiger partial charge in [-0.2, -0.15) is 0 Å². The summed E-state index contributed by atoms with van der Waals surface area (Å²) in [4.78, 5) is 28.6. The number of anilines is 2. The molecular formula is C28H35BrFN3O4Si. The van der Waals surface area contributed by atoms with E-state index in [9.17, 15) is 14.7 Å². The number of carbonyl (C=O) groups excluding carboxylic acids is 2. The number of hydrogen-bond acceptors (Lipinski definition) is 5. The van der Waals surface area contributed by atoms with Gasteiger partial charge in [-0.1, -0.05) is 35.0 Å². The molecule has 0 unspecified atom stereocenters. The standard InChI is InChI=1S/C28H35BrFN3O4Si/c1-17-25(38(2,3)30)24(11-13-34)37-28(17)21-15-19(29)9-10-23(21)33(27(28)36)16-18-6-4-7-20(14-18)32-26(35)22-8-5-12-31-22/h4,6-7,9-10,14-15,17,22,24-25,31,34H,5,8,11-13,16H2,1-3H3,(H,32,35)/t17-,22-,24+,25-,28+/m1/s1. The smallest absolute Gasteiger partial charge is 0.264 e. The van der Waals surface area contributed by atoms with Crippen LogP contribution in [0, 0.1) is 5.92 Å². The van der Waals surface area contributed by atoms with Gasteiger partial charge in [0.2, 0.25) is 14.3 Å². The molecular weight excluding hydrogens is 569 g/mol. The molecule has 0 saturated carbocycles. The van der Waals surface area contributed by atoms with E-state index in [0.29, 0.717) is 5.69 Å². The van der Waals surface area contributed by atoms with Crippen LogP contribution in [0.3, 0.4) is 0 Å². The van der Waals surface area contributed by atoms with Gasteiger partial charge in [0.1, 0.15) is 0 Å². The summed E-state index contributed by atoms with van der Waals surface area (Å²) in [6, 6.07) is 13.0. The minimum Gasteiger partial charge on any atom is -0.396 e. The zero-order chi connectivity index (χ0) is 27.2. The molecule has 1 spiro atoms. The van der Waals surface area contributed by atoms with Gasteiger partial charge in [-0.3, -0.25) is 9.59 Å². The van der Waals surface area contributed by atoms with Crippen LogP contribution in [0.15, 0.2) is 46.9 Å². The molecule has 0 bridgehead atoms. The molecule has 2 aromatic carbocycles. The van der Waals surface area contributed by atoms with Crippen LogP contribution in [0.5, 0.6) is 0 Å². The molecule has 0 aliphatic carbocycles. The predicted molar refractivity (Wildman–Crippen MR) is 151 cm³/mol. The number of halogens is 2. The number of fused-ring (bicyclic) bond motifs is 2. The Morgan fingerprint density at radius 3 is 2.79 bits per heavy atom. The quantitative estimate of drug-likeness (QED) is 0.311. The number of aliphatic hydroxyl groups excluding tert-OH is 1. The van der Waals surface area contributed by atoms with Gasteiger partial charge >= 0.3 is 0 Å². The van der Waals surface area contributed by atoms with Crippen molar-refractivity contribution in [2.24, 2.45) is 5.92 Å². The minimum atomic E-state index is -3.24. The van der Waals surface area contributed by atoms with Crippen LogP contribution in [-0.2, 0) is 26.5 Å². The molecule has 38 heavy (non-hydrogen) atoms. The Balaban J connectivity index is 1.47. The van der Waals surface area contributed by atoms with E-state index in [0.717, 1.165) is 40.7 Å². The Labute approximate surface area is 232 Å². The molecule has 2 amide bonds. The third-order valence-corrected chi connectivity index (χ3v) is 11.2. The molecule has 2 aromatic rings. The van der Waals surface area contributed by atoms with Gasteiger partial charge in [0.15, 0.2) is 5.60 Å². The largest absolute Gasteiger partial charge is 0.396 e. The molecule has 3 aliphatic rings. The molecule has 0 aromatic heterocycles. The second-order valence-corrected chi connectivity index (χ2v) is 15.9. The van der Waals surface area contributed by atoms with Crippen LogP contribution >= 0.6 is 15.9 Å². The van der Waals surface area contributed by atoms with Gasteiger partial charge in [-0.15, -0.1) is 0 Å². The predicted octanol–water partition coefficient (Wildman–Crippen LogP) is 4.84. The summed E-state index contributed by atoms with van der Waals surface area (Å²) in [7, 11) is -3.24. The molecule has 3 N–H and O–H groups in total. The van der Waals surface area contributed by atoms with Crippen molar-refractivity contribution in [3.05, 3.63) is 58.1 Å². The average molecular weight is 605 g/mol. The van der Waals surface area contributed by atoms with Crippen molar-refractivity contribution in [3.8, 4) is 0 Å². The Bertz CT molecular complexity index is 1230. The van der Waals surface area contributed by atoms with E-state index in [4.69, 9.17) is 4.74 Å². The number of carbonyl (C=O) groups is 2. The SMILES string of the molecule is C[C@@H]1[C@@H]([Si](C)(C)F)[C@H](CCO)O[C@@]12C(=O)N(Cc1cccc(NC(=O)[C@H]3CCCN3)c1)c1ccc(Br)cc12. The van der Waals surface area contributed by atoms with E-state index in [1.807, 2.05) is 49.4 Å². The number of amides is 2. The van der Waals surface area contributed by atoms with E-state index in [-0.39, 0.29) is 37.4 Å². The highest BCUT2D eigenvalue weighted by Crippen LogP contribution is 2.60.